The first-order valence-corrected chi connectivity index (χ1v) is 3.70. The van der Waals surface area contributed by atoms with Gasteiger partial charge in [0.2, 0.25) is 0 Å². The number of carboxylic acid groups (broad SMARTS) is 2. The molecule has 0 aliphatic heterocycles. The van der Waals surface area contributed by atoms with Crippen LogP contribution in [0, 0.1) is 0 Å². The molecular formula is C9H10AgNO4. The largest absolute Gasteiger partial charge is 1.00 e. The van der Waals surface area contributed by atoms with Crippen molar-refractivity contribution in [2.75, 3.05) is 5.73 Å². The fourth-order valence-corrected chi connectivity index (χ4v) is 0.692. The van der Waals surface area contributed by atoms with Gasteiger partial charge < -0.3 is 20.7 Å². The minimum absolute atomic E-state index is 0. The first kappa shape index (κ1) is 16.1. The van der Waals surface area contributed by atoms with E-state index in [1.807, 2.05) is 0 Å². The topological polar surface area (TPSA) is 103 Å². The molecule has 0 saturated heterocycles. The zero-order chi connectivity index (χ0) is 11.1. The summed E-state index contributed by atoms with van der Waals surface area (Å²) in [5.74, 6) is -2.07. The van der Waals surface area contributed by atoms with Gasteiger partial charge in [-0.3, -0.25) is 0 Å². The number of nitrogen functional groups attached to an aromatic ring is 1. The van der Waals surface area contributed by atoms with Crippen molar-refractivity contribution in [2.24, 2.45) is 0 Å². The minimum Gasteiger partial charge on any atom is -0.550 e. The number of aliphatic carboxylic acids is 1. The molecule has 0 atom stereocenters. The minimum atomic E-state index is -1.08. The van der Waals surface area contributed by atoms with Crippen LogP contribution in [-0.2, 0) is 27.2 Å². The summed E-state index contributed by atoms with van der Waals surface area (Å²) >= 11 is 0. The number of aromatic carboxylic acids is 1. The van der Waals surface area contributed by atoms with E-state index in [2.05, 4.69) is 0 Å². The molecule has 86 valence electrons. The molecule has 0 aliphatic carbocycles. The molecule has 0 heterocycles. The zero-order valence-electron chi connectivity index (χ0n) is 7.86. The van der Waals surface area contributed by atoms with Crippen LogP contribution in [0.2, 0.25) is 0 Å². The van der Waals surface area contributed by atoms with Gasteiger partial charge in [-0.25, -0.2) is 4.79 Å². The summed E-state index contributed by atoms with van der Waals surface area (Å²) in [7, 11) is 0. The molecule has 1 aromatic rings. The van der Waals surface area contributed by atoms with Crippen LogP contribution in [0.3, 0.4) is 0 Å². The Morgan fingerprint density at radius 3 is 2.00 bits per heavy atom. The molecule has 0 amide bonds. The number of benzene rings is 1. The Balaban J connectivity index is 0. The molecule has 0 spiro atoms. The maximum atomic E-state index is 10.3. The van der Waals surface area contributed by atoms with Crippen LogP contribution in [0.5, 0.6) is 0 Å². The van der Waals surface area contributed by atoms with Gasteiger partial charge in [0.25, 0.3) is 0 Å². The molecule has 1 aromatic carbocycles. The number of para-hydroxylation sites is 1. The summed E-state index contributed by atoms with van der Waals surface area (Å²) in [6.07, 6.45) is 0. The van der Waals surface area contributed by atoms with Crippen LogP contribution in [0.4, 0.5) is 5.69 Å². The first-order valence-electron chi connectivity index (χ1n) is 3.70. The molecule has 3 N–H and O–H groups in total. The van der Waals surface area contributed by atoms with Crippen molar-refractivity contribution in [1.29, 1.82) is 0 Å². The van der Waals surface area contributed by atoms with Crippen molar-refractivity contribution in [2.45, 2.75) is 6.92 Å². The average Bonchev–Trinajstić information content (AvgIpc) is 2.03. The van der Waals surface area contributed by atoms with E-state index in [1.165, 1.54) is 6.07 Å². The number of hydrogen-bond acceptors (Lipinski definition) is 4. The Morgan fingerprint density at radius 2 is 1.73 bits per heavy atom. The van der Waals surface area contributed by atoms with Crippen molar-refractivity contribution in [1.82, 2.24) is 0 Å². The number of carbonyl (C=O) groups is 2. The number of carbonyl (C=O) groups excluding carboxylic acids is 1. The first-order chi connectivity index (χ1) is 6.45. The van der Waals surface area contributed by atoms with Crippen LogP contribution in [0.25, 0.3) is 0 Å². The number of anilines is 1. The third kappa shape index (κ3) is 7.75. The standard InChI is InChI=1S/C7H7NO2.C2H4O2.Ag/c8-6-4-2-1-3-5(6)7(9)10;1-2(3)4;/h1-4H,8H2,(H,9,10);1H3,(H,3,4);/q;;+1/p-1. The summed E-state index contributed by atoms with van der Waals surface area (Å²) in [4.78, 5) is 19.2. The molecule has 5 nitrogen and oxygen atoms in total. The van der Waals surface area contributed by atoms with Gasteiger partial charge in [0.1, 0.15) is 0 Å². The van der Waals surface area contributed by atoms with E-state index in [4.69, 9.17) is 20.7 Å². The summed E-state index contributed by atoms with van der Waals surface area (Å²) in [6.45, 7) is 0.972. The summed E-state index contributed by atoms with van der Waals surface area (Å²) in [5, 5.41) is 17.4. The van der Waals surface area contributed by atoms with E-state index in [0.717, 1.165) is 6.92 Å². The quantitative estimate of drug-likeness (QED) is 0.548. The average molecular weight is 304 g/mol. The van der Waals surface area contributed by atoms with Crippen molar-refractivity contribution in [3.8, 4) is 0 Å². The molecular weight excluding hydrogens is 294 g/mol. The van der Waals surface area contributed by atoms with E-state index in [9.17, 15) is 4.79 Å². The van der Waals surface area contributed by atoms with Gasteiger partial charge in [0, 0.05) is 11.7 Å². The Labute approximate surface area is 102 Å². The number of carboxylic acids is 2. The van der Waals surface area contributed by atoms with Crippen molar-refractivity contribution >= 4 is 17.6 Å². The maximum absolute atomic E-state index is 10.3. The predicted octanol–water partition coefficient (Wildman–Crippen LogP) is -0.279. The fraction of sp³-hybridized carbons (Fsp3) is 0.111. The Hall–Kier alpha value is -1.30. The van der Waals surface area contributed by atoms with Crippen molar-refractivity contribution in [3.05, 3.63) is 29.8 Å². The van der Waals surface area contributed by atoms with Gasteiger partial charge in [0.15, 0.2) is 0 Å². The SMILES string of the molecule is CC(=O)[O-].Nc1ccccc1C(=O)O.[Ag+]. The molecule has 0 saturated carbocycles. The van der Waals surface area contributed by atoms with Gasteiger partial charge in [-0.15, -0.1) is 0 Å². The second kappa shape index (κ2) is 8.05. The third-order valence-electron chi connectivity index (χ3n) is 1.19. The van der Waals surface area contributed by atoms with Crippen LogP contribution in [-0.4, -0.2) is 17.0 Å². The predicted molar refractivity (Wildman–Crippen MR) is 48.5 cm³/mol. The Morgan fingerprint density at radius 1 is 1.33 bits per heavy atom. The molecule has 0 radical (unpaired) electrons. The molecule has 0 unspecified atom stereocenters. The van der Waals surface area contributed by atoms with E-state index < -0.39 is 11.9 Å². The van der Waals surface area contributed by atoms with E-state index in [0.29, 0.717) is 5.69 Å². The smallest absolute Gasteiger partial charge is 0.550 e. The normalized spacial score (nSPS) is 7.80. The molecule has 0 fully saturated rings. The van der Waals surface area contributed by atoms with Gasteiger partial charge in [0.05, 0.1) is 5.56 Å². The van der Waals surface area contributed by atoms with E-state index >= 15 is 0 Å². The van der Waals surface area contributed by atoms with Gasteiger partial charge in [-0.05, 0) is 19.1 Å². The van der Waals surface area contributed by atoms with E-state index in [-0.39, 0.29) is 27.9 Å². The van der Waals surface area contributed by atoms with Gasteiger partial charge in [-0.1, -0.05) is 12.1 Å². The molecule has 0 aliphatic rings. The maximum Gasteiger partial charge on any atom is 1.00 e. The number of nitrogens with two attached hydrogens (primary N) is 1. The summed E-state index contributed by atoms with van der Waals surface area (Å²) in [5.41, 5.74) is 5.80. The number of hydrogen-bond donors (Lipinski definition) is 2. The van der Waals surface area contributed by atoms with Crippen LogP contribution in [0.15, 0.2) is 24.3 Å². The second-order valence-electron chi connectivity index (χ2n) is 2.38. The monoisotopic (exact) mass is 303 g/mol. The molecule has 15 heavy (non-hydrogen) atoms. The van der Waals surface area contributed by atoms with Crippen molar-refractivity contribution < 1.29 is 42.2 Å². The van der Waals surface area contributed by atoms with Gasteiger partial charge >= 0.3 is 28.3 Å². The van der Waals surface area contributed by atoms with Crippen LogP contribution >= 0.6 is 0 Å². The van der Waals surface area contributed by atoms with Crippen molar-refractivity contribution in [3.63, 3.8) is 0 Å². The Bertz CT molecular complexity index is 337. The number of rotatable bonds is 1. The molecule has 0 bridgehead atoms. The Kier molecular flexibility index (Phi) is 8.66. The van der Waals surface area contributed by atoms with Crippen LogP contribution in [0.1, 0.15) is 17.3 Å². The summed E-state index contributed by atoms with van der Waals surface area (Å²) < 4.78 is 0. The molecule has 1 rings (SSSR count). The van der Waals surface area contributed by atoms with Crippen LogP contribution < -0.4 is 10.8 Å². The van der Waals surface area contributed by atoms with Gasteiger partial charge in [-0.2, -0.15) is 0 Å². The summed E-state index contributed by atoms with van der Waals surface area (Å²) in [6, 6.07) is 6.36. The molecule has 0 aromatic heterocycles. The third-order valence-corrected chi connectivity index (χ3v) is 1.19. The second-order valence-corrected chi connectivity index (χ2v) is 2.38. The fourth-order valence-electron chi connectivity index (χ4n) is 0.692. The van der Waals surface area contributed by atoms with E-state index in [1.54, 1.807) is 18.2 Å². The molecule has 6 heteroatoms. The zero-order valence-corrected chi connectivity index (χ0v) is 9.34.